The Morgan fingerprint density at radius 2 is 1.39 bits per heavy atom. The molecule has 38 heavy (non-hydrogen) atoms. The van der Waals surface area contributed by atoms with Crippen LogP contribution in [0.2, 0.25) is 0 Å². The molecule has 0 saturated carbocycles. The number of nitrogens with one attached hydrogen (secondary N) is 2. The van der Waals surface area contributed by atoms with Gasteiger partial charge in [-0.25, -0.2) is 9.59 Å². The van der Waals surface area contributed by atoms with Crippen molar-refractivity contribution < 1.29 is 23.9 Å². The minimum absolute atomic E-state index is 0.101. The van der Waals surface area contributed by atoms with Gasteiger partial charge in [0.05, 0.1) is 0 Å². The first-order valence-electron chi connectivity index (χ1n) is 12.5. The molecule has 1 unspecified atom stereocenters. The first-order valence-corrected chi connectivity index (χ1v) is 12.5. The van der Waals surface area contributed by atoms with E-state index in [4.69, 9.17) is 15.2 Å². The second kappa shape index (κ2) is 13.4. The van der Waals surface area contributed by atoms with Gasteiger partial charge in [0, 0.05) is 13.0 Å². The fraction of sp³-hybridized carbons (Fsp3) is 0.300. The quantitative estimate of drug-likeness (QED) is 0.347. The largest absolute Gasteiger partial charge is 0.459 e. The van der Waals surface area contributed by atoms with Crippen LogP contribution in [-0.2, 0) is 38.6 Å². The van der Waals surface area contributed by atoms with Gasteiger partial charge in [0.2, 0.25) is 5.91 Å². The van der Waals surface area contributed by atoms with Gasteiger partial charge in [-0.2, -0.15) is 0 Å². The molecule has 200 valence electrons. The summed E-state index contributed by atoms with van der Waals surface area (Å²) in [6.45, 7) is 5.68. The molecule has 3 aromatic rings. The fourth-order valence-corrected chi connectivity index (χ4v) is 3.62. The number of ether oxygens (including phenoxy) is 2. The van der Waals surface area contributed by atoms with E-state index in [1.807, 2.05) is 60.7 Å². The second-order valence-electron chi connectivity index (χ2n) is 9.92. The predicted molar refractivity (Wildman–Crippen MR) is 145 cm³/mol. The molecule has 0 bridgehead atoms. The lowest BCUT2D eigenvalue weighted by Crippen LogP contribution is -2.48. The number of carbonyl (C=O) groups excluding carboxylic acids is 3. The van der Waals surface area contributed by atoms with Crippen LogP contribution in [0, 0.1) is 0 Å². The highest BCUT2D eigenvalue weighted by molar-refractivity contribution is 5.86. The van der Waals surface area contributed by atoms with Crippen LogP contribution < -0.4 is 16.4 Å². The van der Waals surface area contributed by atoms with E-state index >= 15 is 0 Å². The molecule has 0 aliphatic heterocycles. The molecule has 0 heterocycles. The summed E-state index contributed by atoms with van der Waals surface area (Å²) in [6.07, 6.45) is -0.373. The zero-order valence-corrected chi connectivity index (χ0v) is 22.0. The Bertz CT molecular complexity index is 1190. The molecule has 3 rings (SSSR count). The number of esters is 1. The molecule has 0 spiro atoms. The molecule has 0 fully saturated rings. The van der Waals surface area contributed by atoms with Crippen LogP contribution in [0.25, 0.3) is 0 Å². The zero-order valence-electron chi connectivity index (χ0n) is 22.0. The number of amides is 2. The van der Waals surface area contributed by atoms with E-state index in [1.165, 1.54) is 0 Å². The molecule has 8 heteroatoms. The molecule has 0 aliphatic carbocycles. The highest BCUT2D eigenvalue weighted by Crippen LogP contribution is 2.17. The predicted octanol–water partition coefficient (Wildman–Crippen LogP) is 4.18. The van der Waals surface area contributed by atoms with E-state index in [-0.39, 0.29) is 19.1 Å². The van der Waals surface area contributed by atoms with Crippen LogP contribution in [0.15, 0.2) is 84.9 Å². The van der Waals surface area contributed by atoms with Crippen molar-refractivity contribution in [3.8, 4) is 0 Å². The summed E-state index contributed by atoms with van der Waals surface area (Å²) in [6, 6.07) is 24.0. The Hall–Kier alpha value is -4.17. The number of carbonyl (C=O) groups is 3. The van der Waals surface area contributed by atoms with E-state index in [9.17, 15) is 14.4 Å². The van der Waals surface area contributed by atoms with Crippen LogP contribution in [0.5, 0.6) is 0 Å². The minimum atomic E-state index is -0.904. The Kier molecular flexibility index (Phi) is 10.0. The topological polar surface area (TPSA) is 120 Å². The van der Waals surface area contributed by atoms with Gasteiger partial charge in [-0.05, 0) is 43.0 Å². The van der Waals surface area contributed by atoms with Gasteiger partial charge in [-0.15, -0.1) is 0 Å². The number of hydrogen-bond acceptors (Lipinski definition) is 6. The molecule has 0 saturated heterocycles. The number of benzene rings is 3. The molecule has 4 N–H and O–H groups in total. The number of nitrogens with two attached hydrogens (primary N) is 1. The molecular weight excluding hydrogens is 482 g/mol. The lowest BCUT2D eigenvalue weighted by atomic mass is 10.0. The maximum Gasteiger partial charge on any atom is 0.408 e. The second-order valence-corrected chi connectivity index (χ2v) is 9.92. The average molecular weight is 518 g/mol. The first kappa shape index (κ1) is 28.4. The summed E-state index contributed by atoms with van der Waals surface area (Å²) >= 11 is 0. The maximum absolute atomic E-state index is 13.1. The number of hydrogen-bond donors (Lipinski definition) is 3. The zero-order chi connectivity index (χ0) is 27.5. The summed E-state index contributed by atoms with van der Waals surface area (Å²) in [5.41, 5.74) is 8.58. The maximum atomic E-state index is 13.1. The van der Waals surface area contributed by atoms with Gasteiger partial charge in [-0.3, -0.25) is 4.79 Å². The van der Waals surface area contributed by atoms with E-state index in [0.29, 0.717) is 12.0 Å². The van der Waals surface area contributed by atoms with Crippen LogP contribution >= 0.6 is 0 Å². The van der Waals surface area contributed by atoms with E-state index in [2.05, 4.69) is 10.6 Å². The third-order valence-corrected chi connectivity index (χ3v) is 5.57. The van der Waals surface area contributed by atoms with Crippen LogP contribution in [0.4, 0.5) is 4.79 Å². The lowest BCUT2D eigenvalue weighted by molar-refractivity contribution is -0.156. The van der Waals surface area contributed by atoms with Gasteiger partial charge in [-0.1, -0.05) is 84.9 Å². The average Bonchev–Trinajstić information content (AvgIpc) is 2.90. The lowest BCUT2D eigenvalue weighted by Gasteiger charge is -2.22. The summed E-state index contributed by atoms with van der Waals surface area (Å²) in [5, 5.41) is 5.55. The molecule has 0 aliphatic rings. The van der Waals surface area contributed by atoms with Crippen molar-refractivity contribution >= 4 is 18.0 Å². The van der Waals surface area contributed by atoms with Crippen LogP contribution in [0.1, 0.15) is 49.1 Å². The summed E-state index contributed by atoms with van der Waals surface area (Å²) in [5.74, 6) is -0.854. The summed E-state index contributed by atoms with van der Waals surface area (Å²) < 4.78 is 10.7. The van der Waals surface area contributed by atoms with E-state index in [0.717, 1.165) is 16.7 Å². The minimum Gasteiger partial charge on any atom is -0.459 e. The van der Waals surface area contributed by atoms with Crippen molar-refractivity contribution in [2.24, 2.45) is 5.73 Å². The SMILES string of the molecule is CC(C)(C)OC(=O)C(N)c1ccc(CNC(=O)[C@H](Cc2ccccc2)NC(=O)OCc2ccccc2)cc1. The molecule has 2 atom stereocenters. The van der Waals surface area contributed by atoms with Gasteiger partial charge >= 0.3 is 12.1 Å². The molecule has 8 nitrogen and oxygen atoms in total. The van der Waals surface area contributed by atoms with Crippen molar-refractivity contribution in [1.29, 1.82) is 0 Å². The van der Waals surface area contributed by atoms with E-state index in [1.54, 1.807) is 45.0 Å². The smallest absolute Gasteiger partial charge is 0.408 e. The van der Waals surface area contributed by atoms with Gasteiger partial charge < -0.3 is 25.8 Å². The summed E-state index contributed by atoms with van der Waals surface area (Å²) in [4.78, 5) is 37.8. The van der Waals surface area contributed by atoms with E-state index < -0.39 is 29.7 Å². The fourth-order valence-electron chi connectivity index (χ4n) is 3.62. The molecule has 3 aromatic carbocycles. The monoisotopic (exact) mass is 517 g/mol. The molecule has 0 aromatic heterocycles. The van der Waals surface area contributed by atoms with Crippen LogP contribution in [-0.4, -0.2) is 29.6 Å². The van der Waals surface area contributed by atoms with Crippen molar-refractivity contribution in [2.45, 2.75) is 58.0 Å². The van der Waals surface area contributed by atoms with Crippen molar-refractivity contribution in [2.75, 3.05) is 0 Å². The Labute approximate surface area is 223 Å². The highest BCUT2D eigenvalue weighted by Gasteiger charge is 2.24. The van der Waals surface area contributed by atoms with Gasteiger partial charge in [0.15, 0.2) is 0 Å². The van der Waals surface area contributed by atoms with Crippen molar-refractivity contribution in [1.82, 2.24) is 10.6 Å². The van der Waals surface area contributed by atoms with Crippen molar-refractivity contribution in [3.05, 3.63) is 107 Å². The van der Waals surface area contributed by atoms with Crippen LogP contribution in [0.3, 0.4) is 0 Å². The first-order chi connectivity index (χ1) is 18.1. The third-order valence-electron chi connectivity index (χ3n) is 5.57. The highest BCUT2D eigenvalue weighted by atomic mass is 16.6. The Balaban J connectivity index is 1.59. The molecule has 2 amide bonds. The summed E-state index contributed by atoms with van der Waals surface area (Å²) in [7, 11) is 0. The Morgan fingerprint density at radius 3 is 1.97 bits per heavy atom. The standard InChI is InChI=1S/C30H35N3O5/c1-30(2,3)38-28(35)26(31)24-16-14-22(15-17-24)19-32-27(34)25(18-21-10-6-4-7-11-21)33-29(36)37-20-23-12-8-5-9-13-23/h4-17,25-26H,18-20,31H2,1-3H3,(H,32,34)(H,33,36)/t25-,26?/m0/s1. The van der Waals surface area contributed by atoms with Crippen molar-refractivity contribution in [3.63, 3.8) is 0 Å². The van der Waals surface area contributed by atoms with Gasteiger partial charge in [0.1, 0.15) is 24.3 Å². The number of rotatable bonds is 10. The Morgan fingerprint density at radius 1 is 0.816 bits per heavy atom. The number of alkyl carbamates (subject to hydrolysis) is 1. The molecular formula is C30H35N3O5. The van der Waals surface area contributed by atoms with Gasteiger partial charge in [0.25, 0.3) is 0 Å². The third kappa shape index (κ3) is 9.37. The normalized spacial score (nSPS) is 12.6. The molecule has 0 radical (unpaired) electrons.